The van der Waals surface area contributed by atoms with Crippen LogP contribution in [-0.2, 0) is 9.53 Å². The molecule has 27 heavy (non-hydrogen) atoms. The third kappa shape index (κ3) is 3.85. The van der Waals surface area contributed by atoms with Crippen LogP contribution in [0.3, 0.4) is 0 Å². The van der Waals surface area contributed by atoms with E-state index in [1.54, 1.807) is 11.1 Å². The fourth-order valence-electron chi connectivity index (χ4n) is 5.13. The molecule has 0 amide bonds. The van der Waals surface area contributed by atoms with Gasteiger partial charge in [-0.1, -0.05) is 13.0 Å². The standard InChI is InChI=1S/C22H33N3O2/c1-3-24-10-7-17-15-21(24)20-16-18(5-6-19(17)20)25-13-11-23(12-14-25)9-8-22(26)27-4-2/h5-6,16-17,21H,3-4,7-15H2,1-2H3. The number of piperazine rings is 1. The first-order valence-electron chi connectivity index (χ1n) is 10.7. The first kappa shape index (κ1) is 18.8. The van der Waals surface area contributed by atoms with Crippen LogP contribution >= 0.6 is 0 Å². The Bertz CT molecular complexity index is 670. The molecule has 3 aliphatic rings. The van der Waals surface area contributed by atoms with Gasteiger partial charge in [-0.25, -0.2) is 0 Å². The van der Waals surface area contributed by atoms with E-state index in [-0.39, 0.29) is 5.97 Å². The zero-order valence-electron chi connectivity index (χ0n) is 16.8. The topological polar surface area (TPSA) is 36.0 Å². The highest BCUT2D eigenvalue weighted by molar-refractivity contribution is 5.69. The number of hydrogen-bond acceptors (Lipinski definition) is 5. The van der Waals surface area contributed by atoms with Crippen molar-refractivity contribution in [1.29, 1.82) is 0 Å². The van der Waals surface area contributed by atoms with Crippen molar-refractivity contribution in [3.8, 4) is 0 Å². The molecule has 1 aromatic carbocycles. The van der Waals surface area contributed by atoms with Crippen LogP contribution in [0.1, 0.15) is 56.2 Å². The highest BCUT2D eigenvalue weighted by atomic mass is 16.5. The van der Waals surface area contributed by atoms with E-state index in [0.717, 1.165) is 45.2 Å². The molecule has 0 radical (unpaired) electrons. The molecule has 5 nitrogen and oxygen atoms in total. The predicted molar refractivity (Wildman–Crippen MR) is 108 cm³/mol. The fraction of sp³-hybridized carbons (Fsp3) is 0.682. The number of benzene rings is 1. The number of hydrogen-bond donors (Lipinski definition) is 0. The fourth-order valence-corrected chi connectivity index (χ4v) is 5.13. The van der Waals surface area contributed by atoms with E-state index in [2.05, 4.69) is 39.8 Å². The van der Waals surface area contributed by atoms with Gasteiger partial charge in [0.15, 0.2) is 0 Å². The lowest BCUT2D eigenvalue weighted by Crippen LogP contribution is -2.47. The number of carbonyl (C=O) groups is 1. The van der Waals surface area contributed by atoms with Crippen LogP contribution in [0.2, 0.25) is 0 Å². The number of ether oxygens (including phenoxy) is 1. The lowest BCUT2D eigenvalue weighted by atomic mass is 9.95. The largest absolute Gasteiger partial charge is 0.466 e. The number of rotatable bonds is 6. The Morgan fingerprint density at radius 2 is 1.93 bits per heavy atom. The molecule has 2 aliphatic heterocycles. The van der Waals surface area contributed by atoms with Gasteiger partial charge in [-0.2, -0.15) is 0 Å². The number of likely N-dealkylation sites (tertiary alicyclic amines) is 1. The second-order valence-electron chi connectivity index (χ2n) is 8.06. The minimum absolute atomic E-state index is 0.0786. The van der Waals surface area contributed by atoms with Crippen molar-refractivity contribution < 1.29 is 9.53 Å². The van der Waals surface area contributed by atoms with E-state index in [4.69, 9.17) is 4.74 Å². The summed E-state index contributed by atoms with van der Waals surface area (Å²) in [6, 6.07) is 7.85. The Balaban J connectivity index is 1.37. The zero-order valence-corrected chi connectivity index (χ0v) is 16.8. The summed E-state index contributed by atoms with van der Waals surface area (Å²) in [4.78, 5) is 19.1. The van der Waals surface area contributed by atoms with Gasteiger partial charge in [0.05, 0.1) is 13.0 Å². The Hall–Kier alpha value is -1.59. The van der Waals surface area contributed by atoms with Crippen LogP contribution in [-0.4, -0.2) is 68.2 Å². The van der Waals surface area contributed by atoms with E-state index >= 15 is 0 Å². The molecule has 2 fully saturated rings. The van der Waals surface area contributed by atoms with Gasteiger partial charge in [0.1, 0.15) is 0 Å². The molecule has 2 saturated heterocycles. The van der Waals surface area contributed by atoms with E-state index < -0.39 is 0 Å². The van der Waals surface area contributed by atoms with Crippen molar-refractivity contribution in [3.05, 3.63) is 29.3 Å². The monoisotopic (exact) mass is 371 g/mol. The second kappa shape index (κ2) is 8.19. The van der Waals surface area contributed by atoms with Crippen molar-refractivity contribution in [2.45, 2.75) is 45.1 Å². The van der Waals surface area contributed by atoms with Crippen molar-refractivity contribution in [2.24, 2.45) is 0 Å². The third-order valence-corrected chi connectivity index (χ3v) is 6.66. The minimum atomic E-state index is -0.0786. The summed E-state index contributed by atoms with van der Waals surface area (Å²) >= 11 is 0. The van der Waals surface area contributed by atoms with Gasteiger partial charge in [-0.15, -0.1) is 0 Å². The second-order valence-corrected chi connectivity index (χ2v) is 8.06. The maximum atomic E-state index is 11.6. The number of carbonyl (C=O) groups excluding carboxylic acids is 1. The SMILES string of the molecule is CCOC(=O)CCN1CCN(c2ccc3c(c2)C2CC3CCN2CC)CC1. The van der Waals surface area contributed by atoms with E-state index in [9.17, 15) is 4.79 Å². The Morgan fingerprint density at radius 1 is 1.11 bits per heavy atom. The molecule has 2 heterocycles. The van der Waals surface area contributed by atoms with Crippen molar-refractivity contribution in [2.75, 3.05) is 57.3 Å². The number of esters is 1. The third-order valence-electron chi connectivity index (χ3n) is 6.66. The van der Waals surface area contributed by atoms with Crippen molar-refractivity contribution in [1.82, 2.24) is 9.80 Å². The minimum Gasteiger partial charge on any atom is -0.466 e. The molecule has 0 spiro atoms. The number of anilines is 1. The molecule has 1 aliphatic carbocycles. The highest BCUT2D eigenvalue weighted by Crippen LogP contribution is 2.49. The van der Waals surface area contributed by atoms with E-state index in [1.165, 1.54) is 25.1 Å². The molecule has 0 aromatic heterocycles. The number of fused-ring (bicyclic) bond motifs is 5. The van der Waals surface area contributed by atoms with Crippen molar-refractivity contribution >= 4 is 11.7 Å². The summed E-state index contributed by atoms with van der Waals surface area (Å²) in [6.07, 6.45) is 3.13. The van der Waals surface area contributed by atoms with Gasteiger partial charge in [0.2, 0.25) is 0 Å². The molecule has 148 valence electrons. The van der Waals surface area contributed by atoms with Gasteiger partial charge in [-0.3, -0.25) is 14.6 Å². The van der Waals surface area contributed by atoms with Gasteiger partial charge < -0.3 is 9.64 Å². The lowest BCUT2D eigenvalue weighted by Gasteiger charge is -2.36. The Labute approximate surface area is 163 Å². The number of piperidine rings is 1. The predicted octanol–water partition coefficient (Wildman–Crippen LogP) is 3.02. The van der Waals surface area contributed by atoms with Gasteiger partial charge >= 0.3 is 5.97 Å². The van der Waals surface area contributed by atoms with Crippen LogP contribution in [0.4, 0.5) is 5.69 Å². The van der Waals surface area contributed by atoms with Crippen LogP contribution in [0, 0.1) is 0 Å². The maximum absolute atomic E-state index is 11.6. The molecule has 0 saturated carbocycles. The summed E-state index contributed by atoms with van der Waals surface area (Å²) in [5.41, 5.74) is 4.57. The van der Waals surface area contributed by atoms with Crippen molar-refractivity contribution in [3.63, 3.8) is 0 Å². The molecule has 2 atom stereocenters. The molecular weight excluding hydrogens is 338 g/mol. The summed E-state index contributed by atoms with van der Waals surface area (Å²) in [7, 11) is 0. The summed E-state index contributed by atoms with van der Waals surface area (Å²) < 4.78 is 5.04. The summed E-state index contributed by atoms with van der Waals surface area (Å²) in [6.45, 7) is 11.9. The average molecular weight is 372 g/mol. The Kier molecular flexibility index (Phi) is 5.69. The highest BCUT2D eigenvalue weighted by Gasteiger charge is 2.38. The average Bonchev–Trinajstić information content (AvgIpc) is 2.99. The molecule has 4 rings (SSSR count). The zero-order chi connectivity index (χ0) is 18.8. The molecule has 1 aromatic rings. The molecule has 0 N–H and O–H groups in total. The quantitative estimate of drug-likeness (QED) is 0.719. The first-order chi connectivity index (χ1) is 13.2. The molecular formula is C22H33N3O2. The van der Waals surface area contributed by atoms with E-state index in [1.807, 2.05) is 6.92 Å². The van der Waals surface area contributed by atoms with Gasteiger partial charge in [-0.05, 0) is 62.0 Å². The summed E-state index contributed by atoms with van der Waals surface area (Å²) in [5.74, 6) is 0.701. The number of nitrogens with zero attached hydrogens (tertiary/aromatic N) is 3. The van der Waals surface area contributed by atoms with Gasteiger partial charge in [0, 0.05) is 44.5 Å². The van der Waals surface area contributed by atoms with Crippen LogP contribution in [0.25, 0.3) is 0 Å². The molecule has 2 bridgehead atoms. The normalized spacial score (nSPS) is 25.5. The van der Waals surface area contributed by atoms with Crippen LogP contribution in [0.15, 0.2) is 18.2 Å². The first-order valence-corrected chi connectivity index (χ1v) is 10.7. The van der Waals surface area contributed by atoms with E-state index in [0.29, 0.717) is 19.1 Å². The van der Waals surface area contributed by atoms with Crippen LogP contribution in [0.5, 0.6) is 0 Å². The lowest BCUT2D eigenvalue weighted by molar-refractivity contribution is -0.143. The maximum Gasteiger partial charge on any atom is 0.307 e. The molecule has 2 unspecified atom stereocenters. The molecule has 5 heteroatoms. The van der Waals surface area contributed by atoms with Gasteiger partial charge in [0.25, 0.3) is 0 Å². The Morgan fingerprint density at radius 3 is 2.67 bits per heavy atom. The smallest absolute Gasteiger partial charge is 0.307 e. The van der Waals surface area contributed by atoms with Crippen LogP contribution < -0.4 is 4.90 Å². The summed E-state index contributed by atoms with van der Waals surface area (Å²) in [5, 5.41) is 0.